The SMILES string of the molecule is CNC(c1ccc(OC)c(OC)c1)c1cc(Cl)cnc1N. The summed E-state index contributed by atoms with van der Waals surface area (Å²) in [5, 5.41) is 3.76. The van der Waals surface area contributed by atoms with Crippen LogP contribution in [0, 0.1) is 0 Å². The fraction of sp³-hybridized carbons (Fsp3) is 0.267. The van der Waals surface area contributed by atoms with Gasteiger partial charge in [0.2, 0.25) is 0 Å². The van der Waals surface area contributed by atoms with Crippen LogP contribution in [0.4, 0.5) is 5.82 Å². The third kappa shape index (κ3) is 3.20. The lowest BCUT2D eigenvalue weighted by molar-refractivity contribution is 0.354. The molecular weight excluding hydrogens is 290 g/mol. The molecule has 112 valence electrons. The van der Waals surface area contributed by atoms with E-state index in [-0.39, 0.29) is 6.04 Å². The van der Waals surface area contributed by atoms with Crippen molar-refractivity contribution in [1.82, 2.24) is 10.3 Å². The fourth-order valence-electron chi connectivity index (χ4n) is 2.23. The lowest BCUT2D eigenvalue weighted by Gasteiger charge is -2.20. The summed E-state index contributed by atoms with van der Waals surface area (Å²) in [5.74, 6) is 1.77. The van der Waals surface area contributed by atoms with Crippen LogP contribution in [0.25, 0.3) is 0 Å². The van der Waals surface area contributed by atoms with Gasteiger partial charge in [-0.05, 0) is 30.8 Å². The first kappa shape index (κ1) is 15.4. The second kappa shape index (κ2) is 6.65. The zero-order chi connectivity index (χ0) is 15.4. The number of nitrogens with zero attached hydrogens (tertiary/aromatic N) is 1. The van der Waals surface area contributed by atoms with Crippen molar-refractivity contribution in [2.45, 2.75) is 6.04 Å². The number of methoxy groups -OCH3 is 2. The van der Waals surface area contributed by atoms with E-state index in [4.69, 9.17) is 26.8 Å². The van der Waals surface area contributed by atoms with E-state index in [2.05, 4.69) is 10.3 Å². The highest BCUT2D eigenvalue weighted by Crippen LogP contribution is 2.33. The highest BCUT2D eigenvalue weighted by molar-refractivity contribution is 6.30. The van der Waals surface area contributed by atoms with Crippen LogP contribution in [-0.4, -0.2) is 26.3 Å². The largest absolute Gasteiger partial charge is 0.493 e. The van der Waals surface area contributed by atoms with Gasteiger partial charge in [-0.15, -0.1) is 0 Å². The van der Waals surface area contributed by atoms with Crippen molar-refractivity contribution in [3.63, 3.8) is 0 Å². The Morgan fingerprint density at radius 1 is 1.19 bits per heavy atom. The number of rotatable bonds is 5. The minimum atomic E-state index is -0.143. The van der Waals surface area contributed by atoms with Crippen molar-refractivity contribution >= 4 is 17.4 Å². The van der Waals surface area contributed by atoms with Gasteiger partial charge in [-0.2, -0.15) is 0 Å². The molecule has 1 aromatic heterocycles. The molecule has 0 amide bonds. The van der Waals surface area contributed by atoms with Gasteiger partial charge in [-0.25, -0.2) is 4.98 Å². The number of nitrogens with two attached hydrogens (primary N) is 1. The number of halogens is 1. The van der Waals surface area contributed by atoms with Crippen LogP contribution < -0.4 is 20.5 Å². The van der Waals surface area contributed by atoms with Crippen molar-refractivity contribution in [2.24, 2.45) is 0 Å². The minimum absolute atomic E-state index is 0.143. The number of nitrogens with one attached hydrogen (secondary N) is 1. The summed E-state index contributed by atoms with van der Waals surface area (Å²) in [7, 11) is 5.05. The number of pyridine rings is 1. The average molecular weight is 308 g/mol. The number of ether oxygens (including phenoxy) is 2. The highest BCUT2D eigenvalue weighted by atomic mass is 35.5. The van der Waals surface area contributed by atoms with E-state index in [1.165, 1.54) is 6.20 Å². The second-order valence-electron chi connectivity index (χ2n) is 4.46. The third-order valence-corrected chi connectivity index (χ3v) is 3.46. The predicted octanol–water partition coefficient (Wildman–Crippen LogP) is 2.64. The Morgan fingerprint density at radius 2 is 1.90 bits per heavy atom. The molecule has 0 radical (unpaired) electrons. The number of hydrogen-bond donors (Lipinski definition) is 2. The standard InChI is InChI=1S/C15H18ClN3O2/c1-18-14(11-7-10(16)8-19-15(11)17)9-4-5-12(20-2)13(6-9)21-3/h4-8,14,18H,1-3H3,(H2,17,19). The molecule has 0 spiro atoms. The molecule has 3 N–H and O–H groups in total. The van der Waals surface area contributed by atoms with Crippen LogP contribution in [-0.2, 0) is 0 Å². The molecule has 5 nitrogen and oxygen atoms in total. The first-order valence-electron chi connectivity index (χ1n) is 6.40. The fourth-order valence-corrected chi connectivity index (χ4v) is 2.40. The first-order valence-corrected chi connectivity index (χ1v) is 6.78. The molecule has 1 atom stereocenters. The molecule has 6 heteroatoms. The molecule has 0 saturated carbocycles. The maximum absolute atomic E-state index is 6.02. The molecule has 0 fully saturated rings. The Kier molecular flexibility index (Phi) is 4.88. The molecule has 2 rings (SSSR count). The quantitative estimate of drug-likeness (QED) is 0.888. The molecule has 0 aliphatic heterocycles. The maximum Gasteiger partial charge on any atom is 0.161 e. The Balaban J connectivity index is 2.48. The summed E-state index contributed by atoms with van der Waals surface area (Å²) < 4.78 is 10.6. The molecule has 0 saturated heterocycles. The lowest BCUT2D eigenvalue weighted by Crippen LogP contribution is -2.19. The molecule has 1 heterocycles. The van der Waals surface area contributed by atoms with Gasteiger partial charge < -0.3 is 20.5 Å². The van der Waals surface area contributed by atoms with E-state index >= 15 is 0 Å². The summed E-state index contributed by atoms with van der Waals surface area (Å²) >= 11 is 6.02. The normalized spacial score (nSPS) is 12.0. The maximum atomic E-state index is 6.02. The van der Waals surface area contributed by atoms with Gasteiger partial charge in [0.25, 0.3) is 0 Å². The summed E-state index contributed by atoms with van der Waals surface area (Å²) in [4.78, 5) is 4.10. The van der Waals surface area contributed by atoms with E-state index in [1.807, 2.05) is 31.3 Å². The van der Waals surface area contributed by atoms with Gasteiger partial charge in [-0.1, -0.05) is 17.7 Å². The molecule has 1 aromatic carbocycles. The van der Waals surface area contributed by atoms with Crippen LogP contribution in [0.2, 0.25) is 5.02 Å². The summed E-state index contributed by atoms with van der Waals surface area (Å²) in [6.07, 6.45) is 1.53. The Morgan fingerprint density at radius 3 is 2.52 bits per heavy atom. The molecule has 0 aliphatic carbocycles. The van der Waals surface area contributed by atoms with Gasteiger partial charge in [0.1, 0.15) is 5.82 Å². The van der Waals surface area contributed by atoms with Crippen LogP contribution >= 0.6 is 11.6 Å². The topological polar surface area (TPSA) is 69.4 Å². The Bertz CT molecular complexity index is 634. The smallest absolute Gasteiger partial charge is 0.161 e. The summed E-state index contributed by atoms with van der Waals surface area (Å²) in [6, 6.07) is 7.37. The summed E-state index contributed by atoms with van der Waals surface area (Å²) in [6.45, 7) is 0. The Hall–Kier alpha value is -1.98. The zero-order valence-corrected chi connectivity index (χ0v) is 12.9. The van der Waals surface area contributed by atoms with Crippen molar-refractivity contribution < 1.29 is 9.47 Å². The monoisotopic (exact) mass is 307 g/mol. The van der Waals surface area contributed by atoms with Crippen molar-refractivity contribution in [3.8, 4) is 11.5 Å². The van der Waals surface area contributed by atoms with E-state index in [9.17, 15) is 0 Å². The van der Waals surface area contributed by atoms with Crippen molar-refractivity contribution in [1.29, 1.82) is 0 Å². The highest BCUT2D eigenvalue weighted by Gasteiger charge is 2.18. The molecule has 0 bridgehead atoms. The predicted molar refractivity (Wildman–Crippen MR) is 84.1 cm³/mol. The van der Waals surface area contributed by atoms with E-state index in [0.717, 1.165) is 11.1 Å². The van der Waals surface area contributed by atoms with Crippen LogP contribution in [0.5, 0.6) is 11.5 Å². The second-order valence-corrected chi connectivity index (χ2v) is 4.90. The average Bonchev–Trinajstić information content (AvgIpc) is 2.51. The van der Waals surface area contributed by atoms with Crippen molar-refractivity contribution in [3.05, 3.63) is 46.6 Å². The molecular formula is C15H18ClN3O2. The number of anilines is 1. The molecule has 21 heavy (non-hydrogen) atoms. The van der Waals surface area contributed by atoms with Gasteiger partial charge in [0.15, 0.2) is 11.5 Å². The van der Waals surface area contributed by atoms with Crippen LogP contribution in [0.15, 0.2) is 30.5 Å². The zero-order valence-electron chi connectivity index (χ0n) is 12.2. The van der Waals surface area contributed by atoms with Gasteiger partial charge in [0.05, 0.1) is 25.3 Å². The Labute approximate surface area is 129 Å². The number of nitrogen functional groups attached to an aromatic ring is 1. The van der Waals surface area contributed by atoms with Gasteiger partial charge in [-0.3, -0.25) is 0 Å². The molecule has 2 aromatic rings. The van der Waals surface area contributed by atoms with Crippen LogP contribution in [0.3, 0.4) is 0 Å². The van der Waals surface area contributed by atoms with Crippen LogP contribution in [0.1, 0.15) is 17.2 Å². The van der Waals surface area contributed by atoms with E-state index in [1.54, 1.807) is 14.2 Å². The lowest BCUT2D eigenvalue weighted by atomic mass is 9.99. The third-order valence-electron chi connectivity index (χ3n) is 3.26. The van der Waals surface area contributed by atoms with E-state index in [0.29, 0.717) is 22.3 Å². The number of benzene rings is 1. The van der Waals surface area contributed by atoms with Gasteiger partial charge in [0, 0.05) is 11.8 Å². The van der Waals surface area contributed by atoms with Gasteiger partial charge >= 0.3 is 0 Å². The molecule has 1 unspecified atom stereocenters. The number of hydrogen-bond acceptors (Lipinski definition) is 5. The molecule has 0 aliphatic rings. The minimum Gasteiger partial charge on any atom is -0.493 e. The first-order chi connectivity index (χ1) is 10.1. The van der Waals surface area contributed by atoms with E-state index < -0.39 is 0 Å². The summed E-state index contributed by atoms with van der Waals surface area (Å²) in [5.41, 5.74) is 7.76. The van der Waals surface area contributed by atoms with Crippen molar-refractivity contribution in [2.75, 3.05) is 27.0 Å². The number of aromatic nitrogens is 1.